The van der Waals surface area contributed by atoms with Gasteiger partial charge in [-0.2, -0.15) is 0 Å². The summed E-state index contributed by atoms with van der Waals surface area (Å²) in [4.78, 5) is 66.4. The highest BCUT2D eigenvalue weighted by atomic mass is 16.7. The summed E-state index contributed by atoms with van der Waals surface area (Å²) in [5.74, 6) is -3.07. The van der Waals surface area contributed by atoms with Crippen LogP contribution in [-0.2, 0) is 19.2 Å². The van der Waals surface area contributed by atoms with Crippen LogP contribution in [0, 0.1) is 0 Å². The molecule has 0 radical (unpaired) electrons. The van der Waals surface area contributed by atoms with Crippen LogP contribution in [0.2, 0.25) is 0 Å². The van der Waals surface area contributed by atoms with E-state index < -0.39 is 29.7 Å². The predicted molar refractivity (Wildman–Crippen MR) is 86.5 cm³/mol. The van der Waals surface area contributed by atoms with Crippen molar-refractivity contribution in [1.82, 2.24) is 15.3 Å². The maximum absolute atomic E-state index is 12.4. The molecule has 3 rings (SSSR count). The highest BCUT2D eigenvalue weighted by molar-refractivity contribution is 6.20. The molecule has 0 aromatic heterocycles. The second-order valence-corrected chi connectivity index (χ2v) is 6.02. The fraction of sp³-hybridized carbons (Fsp3) is 0.353. The minimum Gasteiger partial charge on any atom is -0.347 e. The number of likely N-dealkylation sites (tertiary alicyclic amines) is 1. The van der Waals surface area contributed by atoms with Gasteiger partial charge in [0.1, 0.15) is 6.04 Å². The molecule has 1 saturated heterocycles. The second-order valence-electron chi connectivity index (χ2n) is 6.02. The number of nitrogens with one attached hydrogen (secondary N) is 1. The lowest BCUT2D eigenvalue weighted by Gasteiger charge is -2.24. The normalized spacial score (nSPS) is 18.7. The van der Waals surface area contributed by atoms with Crippen molar-refractivity contribution in [1.29, 1.82) is 0 Å². The third-order valence-electron chi connectivity index (χ3n) is 4.27. The summed E-state index contributed by atoms with van der Waals surface area (Å²) in [6.07, 6.45) is 0.932. The van der Waals surface area contributed by atoms with Crippen molar-refractivity contribution in [2.45, 2.75) is 25.8 Å². The molecule has 1 N–H and O–H groups in total. The summed E-state index contributed by atoms with van der Waals surface area (Å²) in [5.41, 5.74) is 0.325. The molecule has 26 heavy (non-hydrogen) atoms. The largest absolute Gasteiger partial charge is 0.355 e. The number of benzene rings is 1. The van der Waals surface area contributed by atoms with Gasteiger partial charge in [-0.3, -0.25) is 19.2 Å². The lowest BCUT2D eigenvalue weighted by molar-refractivity contribution is -0.175. The van der Waals surface area contributed by atoms with E-state index in [9.17, 15) is 24.0 Å². The number of fused-ring (bicyclic) bond motifs is 1. The molecule has 4 amide bonds. The van der Waals surface area contributed by atoms with E-state index in [1.165, 1.54) is 24.0 Å². The molecule has 9 nitrogen and oxygen atoms in total. The van der Waals surface area contributed by atoms with Crippen molar-refractivity contribution < 1.29 is 28.8 Å². The van der Waals surface area contributed by atoms with E-state index in [0.717, 1.165) is 0 Å². The second kappa shape index (κ2) is 6.95. The number of carbonyl (C=O) groups excluding carboxylic acids is 5. The molecule has 0 saturated carbocycles. The van der Waals surface area contributed by atoms with Crippen LogP contribution in [0.5, 0.6) is 0 Å². The van der Waals surface area contributed by atoms with Gasteiger partial charge in [0.15, 0.2) is 0 Å². The molecule has 136 valence electrons. The standard InChI is InChI=1S/C17H17N3O6/c1-10(21)18-9-14(22)19-8-4-7-13(19)17(25)26-20-15(23)11-5-2-3-6-12(11)16(20)24/h2-3,5-6,13H,4,7-9H2,1H3,(H,18,21). The summed E-state index contributed by atoms with van der Waals surface area (Å²) in [6, 6.07) is 5.26. The molecular formula is C17H17N3O6. The zero-order valence-corrected chi connectivity index (χ0v) is 14.1. The predicted octanol–water partition coefficient (Wildman–Crippen LogP) is -0.132. The van der Waals surface area contributed by atoms with E-state index in [1.807, 2.05) is 0 Å². The fourth-order valence-electron chi connectivity index (χ4n) is 3.01. The molecule has 2 aliphatic rings. The lowest BCUT2D eigenvalue weighted by atomic mass is 10.1. The molecule has 1 aromatic carbocycles. The summed E-state index contributed by atoms with van der Waals surface area (Å²) in [6.45, 7) is 1.39. The lowest BCUT2D eigenvalue weighted by Crippen LogP contribution is -2.47. The van der Waals surface area contributed by atoms with Gasteiger partial charge in [-0.05, 0) is 25.0 Å². The summed E-state index contributed by atoms with van der Waals surface area (Å²) in [7, 11) is 0. The van der Waals surface area contributed by atoms with Crippen molar-refractivity contribution in [3.05, 3.63) is 35.4 Å². The highest BCUT2D eigenvalue weighted by Gasteiger charge is 2.42. The number of hydrogen-bond donors (Lipinski definition) is 1. The van der Waals surface area contributed by atoms with Crippen LogP contribution >= 0.6 is 0 Å². The number of nitrogens with zero attached hydrogens (tertiary/aromatic N) is 2. The first-order chi connectivity index (χ1) is 12.4. The monoisotopic (exact) mass is 359 g/mol. The number of imide groups is 1. The van der Waals surface area contributed by atoms with Crippen molar-refractivity contribution in [2.75, 3.05) is 13.1 Å². The molecule has 1 atom stereocenters. The van der Waals surface area contributed by atoms with E-state index in [1.54, 1.807) is 12.1 Å². The van der Waals surface area contributed by atoms with E-state index >= 15 is 0 Å². The fourth-order valence-corrected chi connectivity index (χ4v) is 3.01. The highest BCUT2D eigenvalue weighted by Crippen LogP contribution is 2.25. The third kappa shape index (κ3) is 3.15. The minimum atomic E-state index is -0.902. The van der Waals surface area contributed by atoms with Gasteiger partial charge in [-0.15, -0.1) is 0 Å². The Labute approximate surface area is 148 Å². The van der Waals surface area contributed by atoms with Gasteiger partial charge in [-0.25, -0.2) is 4.79 Å². The Bertz CT molecular complexity index is 770. The maximum atomic E-state index is 12.4. The third-order valence-corrected chi connectivity index (χ3v) is 4.27. The zero-order valence-electron chi connectivity index (χ0n) is 14.1. The number of hydrogen-bond acceptors (Lipinski definition) is 6. The van der Waals surface area contributed by atoms with Crippen molar-refractivity contribution >= 4 is 29.6 Å². The average molecular weight is 359 g/mol. The molecular weight excluding hydrogens is 342 g/mol. The molecule has 0 spiro atoms. The Morgan fingerprint density at radius 1 is 1.15 bits per heavy atom. The Kier molecular flexibility index (Phi) is 4.70. The minimum absolute atomic E-state index is 0.162. The van der Waals surface area contributed by atoms with Crippen LogP contribution in [0.4, 0.5) is 0 Å². The summed E-state index contributed by atoms with van der Waals surface area (Å²) in [5, 5.41) is 2.81. The van der Waals surface area contributed by atoms with Crippen LogP contribution in [-0.4, -0.2) is 58.7 Å². The van der Waals surface area contributed by atoms with Crippen molar-refractivity contribution in [2.24, 2.45) is 0 Å². The van der Waals surface area contributed by atoms with E-state index in [0.29, 0.717) is 24.4 Å². The van der Waals surface area contributed by atoms with Crippen LogP contribution in [0.3, 0.4) is 0 Å². The first-order valence-electron chi connectivity index (χ1n) is 8.13. The van der Waals surface area contributed by atoms with Gasteiger partial charge in [0.05, 0.1) is 17.7 Å². The SMILES string of the molecule is CC(=O)NCC(=O)N1CCCC1C(=O)ON1C(=O)c2ccccc2C1=O. The average Bonchev–Trinajstić information content (AvgIpc) is 3.20. The molecule has 9 heteroatoms. The summed E-state index contributed by atoms with van der Waals surface area (Å²) < 4.78 is 0. The Morgan fingerprint density at radius 2 is 1.77 bits per heavy atom. The zero-order chi connectivity index (χ0) is 18.8. The molecule has 1 unspecified atom stereocenters. The van der Waals surface area contributed by atoms with Gasteiger partial charge in [0.2, 0.25) is 11.8 Å². The number of carbonyl (C=O) groups is 5. The number of hydroxylamine groups is 2. The Hall–Kier alpha value is -3.23. The topological polar surface area (TPSA) is 113 Å². The quantitative estimate of drug-likeness (QED) is 0.749. The van der Waals surface area contributed by atoms with E-state index in [2.05, 4.69) is 5.32 Å². The van der Waals surface area contributed by atoms with Crippen molar-refractivity contribution in [3.63, 3.8) is 0 Å². The Balaban J connectivity index is 1.68. The van der Waals surface area contributed by atoms with Crippen LogP contribution in [0.25, 0.3) is 0 Å². The number of rotatable bonds is 4. The van der Waals surface area contributed by atoms with Gasteiger partial charge in [-0.1, -0.05) is 17.2 Å². The van der Waals surface area contributed by atoms with E-state index in [4.69, 9.17) is 4.84 Å². The Morgan fingerprint density at radius 3 is 2.35 bits per heavy atom. The van der Waals surface area contributed by atoms with Crippen LogP contribution in [0.1, 0.15) is 40.5 Å². The first-order valence-corrected chi connectivity index (χ1v) is 8.13. The molecule has 1 fully saturated rings. The van der Waals surface area contributed by atoms with Gasteiger partial charge >= 0.3 is 5.97 Å². The number of amides is 4. The molecule has 1 aromatic rings. The molecule has 0 bridgehead atoms. The summed E-state index contributed by atoms with van der Waals surface area (Å²) >= 11 is 0. The molecule has 0 aliphatic carbocycles. The molecule has 2 heterocycles. The first kappa shape index (κ1) is 17.6. The maximum Gasteiger partial charge on any atom is 0.355 e. The van der Waals surface area contributed by atoms with E-state index in [-0.39, 0.29) is 23.6 Å². The smallest absolute Gasteiger partial charge is 0.347 e. The molecule has 2 aliphatic heterocycles. The van der Waals surface area contributed by atoms with Crippen LogP contribution in [0.15, 0.2) is 24.3 Å². The van der Waals surface area contributed by atoms with Crippen LogP contribution < -0.4 is 5.32 Å². The van der Waals surface area contributed by atoms with Gasteiger partial charge in [0, 0.05) is 13.5 Å². The van der Waals surface area contributed by atoms with Crippen molar-refractivity contribution in [3.8, 4) is 0 Å². The van der Waals surface area contributed by atoms with Gasteiger partial charge < -0.3 is 15.1 Å². The van der Waals surface area contributed by atoms with Gasteiger partial charge in [0.25, 0.3) is 11.8 Å².